The smallest absolute Gasteiger partial charge is 0.0526 e. The van der Waals surface area contributed by atoms with Crippen molar-refractivity contribution in [3.8, 4) is 0 Å². The van der Waals surface area contributed by atoms with E-state index in [-0.39, 0.29) is 6.10 Å². The van der Waals surface area contributed by atoms with Crippen LogP contribution in [0.15, 0.2) is 24.3 Å². The lowest BCUT2D eigenvalue weighted by Gasteiger charge is -2.26. The minimum atomic E-state index is -0.227. The molecule has 0 aromatic heterocycles. The van der Waals surface area contributed by atoms with Gasteiger partial charge in [0.25, 0.3) is 0 Å². The molecule has 2 heteroatoms. The Bertz CT molecular complexity index is 322. The van der Waals surface area contributed by atoms with Crippen LogP contribution in [0.3, 0.4) is 0 Å². The molecule has 0 aliphatic carbocycles. The third-order valence-corrected chi connectivity index (χ3v) is 3.12. The summed E-state index contributed by atoms with van der Waals surface area (Å²) in [6, 6.07) is 8.86. The molecule has 1 aromatic rings. The lowest BCUT2D eigenvalue weighted by Crippen LogP contribution is -2.31. The maximum Gasteiger partial charge on any atom is 0.0526 e. The summed E-state index contributed by atoms with van der Waals surface area (Å²) in [5.41, 5.74) is 2.70. The van der Waals surface area contributed by atoms with Crippen molar-refractivity contribution in [2.24, 2.45) is 0 Å². The molecular weight excluding hydrogens is 198 g/mol. The van der Waals surface area contributed by atoms with Gasteiger partial charge in [-0.05, 0) is 45.4 Å². The van der Waals surface area contributed by atoms with Gasteiger partial charge in [0.1, 0.15) is 0 Å². The summed E-state index contributed by atoms with van der Waals surface area (Å²) in [7, 11) is 2.11. The Morgan fingerprint density at radius 1 is 1.25 bits per heavy atom. The zero-order chi connectivity index (χ0) is 12.1. The van der Waals surface area contributed by atoms with Gasteiger partial charge < -0.3 is 5.11 Å². The molecule has 0 bridgehead atoms. The van der Waals surface area contributed by atoms with Crippen molar-refractivity contribution in [2.45, 2.75) is 45.9 Å². The number of hydrogen-bond donors (Lipinski definition) is 1. The molecule has 0 fully saturated rings. The fourth-order valence-corrected chi connectivity index (χ4v) is 1.89. The monoisotopic (exact) mass is 221 g/mol. The van der Waals surface area contributed by atoms with Crippen molar-refractivity contribution in [3.63, 3.8) is 0 Å². The predicted octanol–water partition coefficient (Wildman–Crippen LogP) is 2.59. The Balaban J connectivity index is 2.57. The molecule has 0 aliphatic heterocycles. The lowest BCUT2D eigenvalue weighted by molar-refractivity contribution is 0.131. The van der Waals surface area contributed by atoms with Crippen LogP contribution in [0.25, 0.3) is 0 Å². The molecule has 2 nitrogen and oxygen atoms in total. The Morgan fingerprint density at radius 3 is 2.44 bits per heavy atom. The van der Waals surface area contributed by atoms with Gasteiger partial charge in [0, 0.05) is 12.6 Å². The van der Waals surface area contributed by atoms with Gasteiger partial charge in [-0.3, -0.25) is 4.90 Å². The second kappa shape index (κ2) is 6.02. The number of benzene rings is 1. The highest BCUT2D eigenvalue weighted by molar-refractivity contribution is 5.25. The molecule has 2 atom stereocenters. The molecule has 0 amide bonds. The summed E-state index contributed by atoms with van der Waals surface area (Å²) < 4.78 is 0. The van der Waals surface area contributed by atoms with E-state index in [1.807, 2.05) is 6.92 Å². The molecule has 1 N–H and O–H groups in total. The quantitative estimate of drug-likeness (QED) is 0.826. The first-order chi connectivity index (χ1) is 7.50. The van der Waals surface area contributed by atoms with Crippen LogP contribution in [0.2, 0.25) is 0 Å². The number of aryl methyl sites for hydroxylation is 1. The molecule has 0 aliphatic rings. The standard InChI is InChI=1S/C14H23NO/c1-11-7-5-6-8-14(11)10-15(4)12(2)9-13(3)16/h5-8,12-13,16H,9-10H2,1-4H3. The van der Waals surface area contributed by atoms with Gasteiger partial charge in [0.15, 0.2) is 0 Å². The Kier molecular flexibility index (Phi) is 4.97. The Morgan fingerprint density at radius 2 is 1.88 bits per heavy atom. The third-order valence-electron chi connectivity index (χ3n) is 3.12. The van der Waals surface area contributed by atoms with Crippen molar-refractivity contribution in [1.82, 2.24) is 4.90 Å². The zero-order valence-electron chi connectivity index (χ0n) is 10.8. The van der Waals surface area contributed by atoms with E-state index >= 15 is 0 Å². The van der Waals surface area contributed by atoms with Crippen LogP contribution < -0.4 is 0 Å². The SMILES string of the molecule is Cc1ccccc1CN(C)C(C)CC(C)O. The van der Waals surface area contributed by atoms with Crippen LogP contribution in [0.5, 0.6) is 0 Å². The first-order valence-electron chi connectivity index (χ1n) is 5.93. The summed E-state index contributed by atoms with van der Waals surface area (Å²) in [6.07, 6.45) is 0.594. The molecule has 0 spiro atoms. The van der Waals surface area contributed by atoms with Crippen LogP contribution >= 0.6 is 0 Å². The Hall–Kier alpha value is -0.860. The van der Waals surface area contributed by atoms with E-state index < -0.39 is 0 Å². The predicted molar refractivity (Wildman–Crippen MR) is 68.4 cm³/mol. The normalized spacial score (nSPS) is 15.1. The van der Waals surface area contributed by atoms with Gasteiger partial charge in [-0.25, -0.2) is 0 Å². The highest BCUT2D eigenvalue weighted by Crippen LogP contribution is 2.13. The molecule has 1 rings (SSSR count). The second-order valence-corrected chi connectivity index (χ2v) is 4.78. The van der Waals surface area contributed by atoms with Gasteiger partial charge >= 0.3 is 0 Å². The first kappa shape index (κ1) is 13.2. The van der Waals surface area contributed by atoms with E-state index in [9.17, 15) is 5.11 Å². The van der Waals surface area contributed by atoms with Crippen molar-refractivity contribution in [3.05, 3.63) is 35.4 Å². The van der Waals surface area contributed by atoms with Crippen LogP contribution in [-0.4, -0.2) is 29.2 Å². The maximum atomic E-state index is 9.37. The van der Waals surface area contributed by atoms with Gasteiger partial charge in [-0.2, -0.15) is 0 Å². The average Bonchev–Trinajstić information content (AvgIpc) is 2.20. The zero-order valence-corrected chi connectivity index (χ0v) is 10.8. The molecule has 0 heterocycles. The Labute approximate surface area is 98.9 Å². The van der Waals surface area contributed by atoms with Crippen molar-refractivity contribution < 1.29 is 5.11 Å². The van der Waals surface area contributed by atoms with Crippen LogP contribution in [-0.2, 0) is 6.54 Å². The molecule has 0 saturated carbocycles. The van der Waals surface area contributed by atoms with E-state index in [0.29, 0.717) is 6.04 Å². The van der Waals surface area contributed by atoms with Gasteiger partial charge in [-0.1, -0.05) is 24.3 Å². The van der Waals surface area contributed by atoms with E-state index in [0.717, 1.165) is 13.0 Å². The van der Waals surface area contributed by atoms with Crippen LogP contribution in [0.1, 0.15) is 31.4 Å². The van der Waals surface area contributed by atoms with Crippen LogP contribution in [0, 0.1) is 6.92 Å². The number of rotatable bonds is 5. The van der Waals surface area contributed by atoms with E-state index in [2.05, 4.69) is 50.1 Å². The molecule has 90 valence electrons. The maximum absolute atomic E-state index is 9.37. The molecule has 16 heavy (non-hydrogen) atoms. The summed E-state index contributed by atoms with van der Waals surface area (Å²) >= 11 is 0. The minimum Gasteiger partial charge on any atom is -0.393 e. The largest absolute Gasteiger partial charge is 0.393 e. The molecule has 0 saturated heterocycles. The third kappa shape index (κ3) is 3.95. The van der Waals surface area contributed by atoms with Crippen LogP contribution in [0.4, 0.5) is 0 Å². The molecule has 0 radical (unpaired) electrons. The number of hydrogen-bond acceptors (Lipinski definition) is 2. The van der Waals surface area contributed by atoms with Crippen molar-refractivity contribution >= 4 is 0 Å². The van der Waals surface area contributed by atoms with Gasteiger partial charge in [-0.15, -0.1) is 0 Å². The molecular formula is C14H23NO. The van der Waals surface area contributed by atoms with Gasteiger partial charge in [0.05, 0.1) is 6.10 Å². The average molecular weight is 221 g/mol. The lowest BCUT2D eigenvalue weighted by atomic mass is 10.1. The van der Waals surface area contributed by atoms with Gasteiger partial charge in [0.2, 0.25) is 0 Å². The van der Waals surface area contributed by atoms with E-state index in [4.69, 9.17) is 0 Å². The van der Waals surface area contributed by atoms with E-state index in [1.54, 1.807) is 0 Å². The highest BCUT2D eigenvalue weighted by atomic mass is 16.3. The number of aliphatic hydroxyl groups is 1. The fourth-order valence-electron chi connectivity index (χ4n) is 1.89. The fraction of sp³-hybridized carbons (Fsp3) is 0.571. The van der Waals surface area contributed by atoms with Crippen molar-refractivity contribution in [1.29, 1.82) is 0 Å². The minimum absolute atomic E-state index is 0.227. The summed E-state index contributed by atoms with van der Waals surface area (Å²) in [5.74, 6) is 0. The number of aliphatic hydroxyl groups excluding tert-OH is 1. The summed E-state index contributed by atoms with van der Waals surface area (Å²) in [6.45, 7) is 7.09. The summed E-state index contributed by atoms with van der Waals surface area (Å²) in [4.78, 5) is 2.29. The second-order valence-electron chi connectivity index (χ2n) is 4.78. The highest BCUT2D eigenvalue weighted by Gasteiger charge is 2.12. The summed E-state index contributed by atoms with van der Waals surface area (Å²) in [5, 5.41) is 9.37. The van der Waals surface area contributed by atoms with E-state index in [1.165, 1.54) is 11.1 Å². The molecule has 1 aromatic carbocycles. The first-order valence-corrected chi connectivity index (χ1v) is 5.93. The molecule has 2 unspecified atom stereocenters. The topological polar surface area (TPSA) is 23.5 Å². The van der Waals surface area contributed by atoms with Crippen molar-refractivity contribution in [2.75, 3.05) is 7.05 Å². The number of nitrogens with zero attached hydrogens (tertiary/aromatic N) is 1.